The molecule has 1 aliphatic heterocycles. The molecule has 1 heterocycles. The Bertz CT molecular complexity index is 594. The van der Waals surface area contributed by atoms with Gasteiger partial charge in [0.15, 0.2) is 0 Å². The maximum absolute atomic E-state index is 9.25. The van der Waals surface area contributed by atoms with Crippen LogP contribution in [-0.4, -0.2) is 19.2 Å². The van der Waals surface area contributed by atoms with Crippen LogP contribution in [0.15, 0.2) is 18.2 Å². The minimum atomic E-state index is -0.0216. The molecule has 0 aliphatic carbocycles. The summed E-state index contributed by atoms with van der Waals surface area (Å²) in [5.74, 6) is 0.651. The zero-order valence-corrected chi connectivity index (χ0v) is 12.9. The van der Waals surface area contributed by atoms with Gasteiger partial charge in [0.25, 0.3) is 0 Å². The van der Waals surface area contributed by atoms with Gasteiger partial charge in [0.05, 0.1) is 18.2 Å². The second kappa shape index (κ2) is 5.20. The van der Waals surface area contributed by atoms with E-state index in [1.165, 1.54) is 5.57 Å². The molecule has 3 heteroatoms. The van der Waals surface area contributed by atoms with Crippen LogP contribution in [0.4, 0.5) is 5.69 Å². The molecule has 0 spiro atoms. The lowest BCUT2D eigenvalue weighted by atomic mass is 9.87. The molecule has 20 heavy (non-hydrogen) atoms. The van der Waals surface area contributed by atoms with E-state index in [9.17, 15) is 5.26 Å². The lowest BCUT2D eigenvalue weighted by molar-refractivity contribution is 0.413. The predicted molar refractivity (Wildman–Crippen MR) is 83.1 cm³/mol. The van der Waals surface area contributed by atoms with Crippen molar-refractivity contribution in [1.82, 2.24) is 0 Å². The second-order valence-electron chi connectivity index (χ2n) is 5.81. The number of allylic oxidation sites excluding steroid dienone is 1. The lowest BCUT2D eigenvalue weighted by Gasteiger charge is -2.43. The smallest absolute Gasteiger partial charge is 0.138 e. The quantitative estimate of drug-likeness (QED) is 0.833. The van der Waals surface area contributed by atoms with Crippen LogP contribution in [0, 0.1) is 11.3 Å². The standard InChI is InChI=1S/C17H22N2O/c1-6-7-19-15-9-16(20-5)13(11-18)8-14(15)12(2)10-17(19,3)4/h8-10H,6-7H2,1-5H3. The zero-order valence-electron chi connectivity index (χ0n) is 12.9. The molecule has 0 fully saturated rings. The molecule has 1 aromatic rings. The first kappa shape index (κ1) is 14.5. The SMILES string of the molecule is CCCN1c2cc(OC)c(C#N)cc2C(C)=CC1(C)C. The molecule has 0 saturated carbocycles. The highest BCUT2D eigenvalue weighted by atomic mass is 16.5. The van der Waals surface area contributed by atoms with E-state index in [2.05, 4.69) is 44.7 Å². The van der Waals surface area contributed by atoms with Crippen LogP contribution in [0.25, 0.3) is 5.57 Å². The minimum Gasteiger partial charge on any atom is -0.495 e. The average molecular weight is 270 g/mol. The molecule has 0 atom stereocenters. The van der Waals surface area contributed by atoms with E-state index in [0.717, 1.165) is 24.2 Å². The zero-order chi connectivity index (χ0) is 14.9. The van der Waals surface area contributed by atoms with Crippen molar-refractivity contribution < 1.29 is 4.74 Å². The Morgan fingerprint density at radius 2 is 2.05 bits per heavy atom. The molecule has 106 valence electrons. The minimum absolute atomic E-state index is 0.0216. The van der Waals surface area contributed by atoms with E-state index in [1.54, 1.807) is 7.11 Å². The fourth-order valence-electron chi connectivity index (χ4n) is 2.99. The van der Waals surface area contributed by atoms with Crippen molar-refractivity contribution in [2.75, 3.05) is 18.6 Å². The highest BCUT2D eigenvalue weighted by Gasteiger charge is 2.31. The number of fused-ring (bicyclic) bond motifs is 1. The fourth-order valence-corrected chi connectivity index (χ4v) is 2.99. The molecule has 0 bridgehead atoms. The van der Waals surface area contributed by atoms with Crippen LogP contribution in [-0.2, 0) is 0 Å². The van der Waals surface area contributed by atoms with E-state index < -0.39 is 0 Å². The van der Waals surface area contributed by atoms with Gasteiger partial charge in [0, 0.05) is 23.9 Å². The van der Waals surface area contributed by atoms with Gasteiger partial charge in [-0.25, -0.2) is 0 Å². The first-order valence-electron chi connectivity index (χ1n) is 7.04. The molecule has 1 aromatic carbocycles. The van der Waals surface area contributed by atoms with Crippen molar-refractivity contribution in [3.8, 4) is 11.8 Å². The van der Waals surface area contributed by atoms with Crippen LogP contribution in [0.2, 0.25) is 0 Å². The van der Waals surface area contributed by atoms with E-state index in [-0.39, 0.29) is 5.54 Å². The van der Waals surface area contributed by atoms with Crippen molar-refractivity contribution in [2.45, 2.75) is 39.7 Å². The van der Waals surface area contributed by atoms with Gasteiger partial charge in [0.2, 0.25) is 0 Å². The molecule has 0 amide bonds. The topological polar surface area (TPSA) is 36.3 Å². The van der Waals surface area contributed by atoms with E-state index in [4.69, 9.17) is 4.74 Å². The van der Waals surface area contributed by atoms with Crippen molar-refractivity contribution in [3.63, 3.8) is 0 Å². The first-order valence-corrected chi connectivity index (χ1v) is 7.04. The largest absolute Gasteiger partial charge is 0.495 e. The van der Waals surface area contributed by atoms with Crippen LogP contribution in [0.5, 0.6) is 5.75 Å². The number of anilines is 1. The number of benzene rings is 1. The number of nitriles is 1. The number of rotatable bonds is 3. The van der Waals surface area contributed by atoms with Crippen molar-refractivity contribution in [3.05, 3.63) is 29.3 Å². The number of nitrogens with zero attached hydrogens (tertiary/aromatic N) is 2. The van der Waals surface area contributed by atoms with Gasteiger partial charge in [-0.3, -0.25) is 0 Å². The third-order valence-corrected chi connectivity index (χ3v) is 3.87. The number of hydrogen-bond acceptors (Lipinski definition) is 3. The van der Waals surface area contributed by atoms with Crippen LogP contribution in [0.3, 0.4) is 0 Å². The van der Waals surface area contributed by atoms with Gasteiger partial charge >= 0.3 is 0 Å². The predicted octanol–water partition coefficient (Wildman–Crippen LogP) is 3.98. The Kier molecular flexibility index (Phi) is 3.76. The van der Waals surface area contributed by atoms with E-state index in [0.29, 0.717) is 11.3 Å². The summed E-state index contributed by atoms with van der Waals surface area (Å²) in [6.45, 7) is 9.72. The van der Waals surface area contributed by atoms with Gasteiger partial charge in [-0.05, 0) is 38.8 Å². The summed E-state index contributed by atoms with van der Waals surface area (Å²) >= 11 is 0. The molecular formula is C17H22N2O. The summed E-state index contributed by atoms with van der Waals surface area (Å²) in [5.41, 5.74) is 4.08. The molecule has 1 aliphatic rings. The highest BCUT2D eigenvalue weighted by Crippen LogP contribution is 2.41. The first-order chi connectivity index (χ1) is 9.44. The molecule has 3 nitrogen and oxygen atoms in total. The van der Waals surface area contributed by atoms with Gasteiger partial charge in [-0.15, -0.1) is 0 Å². The monoisotopic (exact) mass is 270 g/mol. The second-order valence-corrected chi connectivity index (χ2v) is 5.81. The molecule has 0 aromatic heterocycles. The van der Waals surface area contributed by atoms with Gasteiger partial charge < -0.3 is 9.64 Å². The van der Waals surface area contributed by atoms with E-state index in [1.807, 2.05) is 12.1 Å². The Morgan fingerprint density at radius 1 is 1.35 bits per heavy atom. The Balaban J connectivity index is 2.67. The van der Waals surface area contributed by atoms with Crippen LogP contribution >= 0.6 is 0 Å². The summed E-state index contributed by atoms with van der Waals surface area (Å²) in [6.07, 6.45) is 3.36. The third-order valence-electron chi connectivity index (χ3n) is 3.87. The van der Waals surface area contributed by atoms with Gasteiger partial charge in [0.1, 0.15) is 11.8 Å². The summed E-state index contributed by atoms with van der Waals surface area (Å²) in [6, 6.07) is 6.16. The van der Waals surface area contributed by atoms with Crippen LogP contribution < -0.4 is 9.64 Å². The average Bonchev–Trinajstić information content (AvgIpc) is 2.41. The summed E-state index contributed by atoms with van der Waals surface area (Å²) in [7, 11) is 1.61. The van der Waals surface area contributed by atoms with Crippen molar-refractivity contribution in [1.29, 1.82) is 5.26 Å². The molecule has 0 saturated heterocycles. The number of hydrogen-bond donors (Lipinski definition) is 0. The van der Waals surface area contributed by atoms with Crippen LogP contribution in [0.1, 0.15) is 45.2 Å². The maximum atomic E-state index is 9.25. The van der Waals surface area contributed by atoms with Crippen molar-refractivity contribution >= 4 is 11.3 Å². The van der Waals surface area contributed by atoms with Gasteiger partial charge in [-0.1, -0.05) is 13.0 Å². The highest BCUT2D eigenvalue weighted by molar-refractivity contribution is 5.83. The molecule has 0 radical (unpaired) electrons. The third kappa shape index (κ3) is 2.27. The number of ether oxygens (including phenoxy) is 1. The Morgan fingerprint density at radius 3 is 2.60 bits per heavy atom. The number of methoxy groups -OCH3 is 1. The summed E-state index contributed by atoms with van der Waals surface area (Å²) in [4.78, 5) is 2.39. The molecule has 0 N–H and O–H groups in total. The summed E-state index contributed by atoms with van der Waals surface area (Å²) in [5, 5.41) is 9.25. The van der Waals surface area contributed by atoms with E-state index >= 15 is 0 Å². The normalized spacial score (nSPS) is 16.2. The Labute approximate surface area is 121 Å². The molecule has 0 unspecified atom stereocenters. The molecule has 2 rings (SSSR count). The maximum Gasteiger partial charge on any atom is 0.138 e. The molecular weight excluding hydrogens is 248 g/mol. The fraction of sp³-hybridized carbons (Fsp3) is 0.471. The summed E-state index contributed by atoms with van der Waals surface area (Å²) < 4.78 is 5.36. The van der Waals surface area contributed by atoms with Gasteiger partial charge in [-0.2, -0.15) is 5.26 Å². The Hall–Kier alpha value is -1.95. The van der Waals surface area contributed by atoms with Crippen molar-refractivity contribution in [2.24, 2.45) is 0 Å². The lowest BCUT2D eigenvalue weighted by Crippen LogP contribution is -2.45.